The monoisotopic (exact) mass is 379 g/mol. The van der Waals surface area contributed by atoms with Gasteiger partial charge in [0, 0.05) is 23.7 Å². The van der Waals surface area contributed by atoms with Crippen molar-refractivity contribution in [3.05, 3.63) is 69.9 Å². The van der Waals surface area contributed by atoms with Gasteiger partial charge in [-0.15, -0.1) is 0 Å². The number of aliphatic hydroxyl groups excluding tert-OH is 1. The molecule has 0 spiro atoms. The third-order valence-corrected chi connectivity index (χ3v) is 4.50. The molecule has 0 radical (unpaired) electrons. The quantitative estimate of drug-likeness (QED) is 0.717. The number of hydrogen-bond acceptors (Lipinski definition) is 2. The zero-order valence-corrected chi connectivity index (χ0v) is 14.9. The summed E-state index contributed by atoms with van der Waals surface area (Å²) in [5.41, 5.74) is 1.93. The molecule has 0 aliphatic rings. The Bertz CT molecular complexity index is 606. The standard InChI is InChI=1S/C19H23BrFNO/c1-14(11-16-7-8-18(20)12-19(16)21)22-13-17(9-10-23)15-5-3-2-4-6-15/h2-8,12,14,17,22-23H,9-11,13H2,1H3/t14-,17-/m1/s1. The summed E-state index contributed by atoms with van der Waals surface area (Å²) < 4.78 is 14.7. The molecule has 0 fully saturated rings. The molecule has 0 heterocycles. The van der Waals surface area contributed by atoms with E-state index in [1.54, 1.807) is 0 Å². The van der Waals surface area contributed by atoms with E-state index >= 15 is 0 Å². The molecule has 124 valence electrons. The minimum absolute atomic E-state index is 0.163. The first-order valence-corrected chi connectivity index (χ1v) is 8.72. The van der Waals surface area contributed by atoms with Gasteiger partial charge >= 0.3 is 0 Å². The Morgan fingerprint density at radius 1 is 1.17 bits per heavy atom. The minimum Gasteiger partial charge on any atom is -0.396 e. The zero-order valence-electron chi connectivity index (χ0n) is 13.3. The van der Waals surface area contributed by atoms with E-state index in [4.69, 9.17) is 0 Å². The Morgan fingerprint density at radius 2 is 1.91 bits per heavy atom. The number of benzene rings is 2. The summed E-state index contributed by atoms with van der Waals surface area (Å²) in [6.07, 6.45) is 1.36. The maximum Gasteiger partial charge on any atom is 0.127 e. The van der Waals surface area contributed by atoms with Crippen LogP contribution in [0.25, 0.3) is 0 Å². The summed E-state index contributed by atoms with van der Waals surface area (Å²) in [5.74, 6) is 0.0846. The number of hydrogen-bond donors (Lipinski definition) is 2. The van der Waals surface area contributed by atoms with Crippen LogP contribution < -0.4 is 5.32 Å². The highest BCUT2D eigenvalue weighted by atomic mass is 79.9. The minimum atomic E-state index is -0.178. The molecule has 23 heavy (non-hydrogen) atoms. The Hall–Kier alpha value is -1.23. The van der Waals surface area contributed by atoms with Gasteiger partial charge in [-0.05, 0) is 48.9 Å². The van der Waals surface area contributed by atoms with E-state index in [0.717, 1.165) is 17.4 Å². The van der Waals surface area contributed by atoms with E-state index < -0.39 is 0 Å². The van der Waals surface area contributed by atoms with Crippen LogP contribution in [0.3, 0.4) is 0 Å². The topological polar surface area (TPSA) is 32.3 Å². The van der Waals surface area contributed by atoms with Gasteiger partial charge in [-0.25, -0.2) is 4.39 Å². The summed E-state index contributed by atoms with van der Waals surface area (Å²) in [4.78, 5) is 0. The van der Waals surface area contributed by atoms with E-state index in [2.05, 4.69) is 40.3 Å². The molecule has 0 aliphatic heterocycles. The second-order valence-corrected chi connectivity index (χ2v) is 6.78. The number of halogens is 2. The smallest absolute Gasteiger partial charge is 0.127 e. The van der Waals surface area contributed by atoms with E-state index in [9.17, 15) is 9.50 Å². The summed E-state index contributed by atoms with van der Waals surface area (Å²) >= 11 is 3.28. The Balaban J connectivity index is 1.92. The molecule has 2 rings (SSSR count). The summed E-state index contributed by atoms with van der Waals surface area (Å²) in [6.45, 7) is 2.99. The highest BCUT2D eigenvalue weighted by Gasteiger charge is 2.13. The highest BCUT2D eigenvalue weighted by Crippen LogP contribution is 2.19. The van der Waals surface area contributed by atoms with Crippen LogP contribution in [0.4, 0.5) is 4.39 Å². The van der Waals surface area contributed by atoms with Crippen LogP contribution in [0.1, 0.15) is 30.4 Å². The van der Waals surface area contributed by atoms with E-state index in [0.29, 0.717) is 12.0 Å². The van der Waals surface area contributed by atoms with Crippen LogP contribution in [0.15, 0.2) is 53.0 Å². The van der Waals surface area contributed by atoms with Crippen LogP contribution in [0, 0.1) is 5.82 Å². The van der Waals surface area contributed by atoms with Crippen molar-refractivity contribution in [3.63, 3.8) is 0 Å². The molecule has 0 aliphatic carbocycles. The van der Waals surface area contributed by atoms with Gasteiger partial charge in [0.2, 0.25) is 0 Å². The largest absolute Gasteiger partial charge is 0.396 e. The molecule has 2 aromatic carbocycles. The van der Waals surface area contributed by atoms with Crippen molar-refractivity contribution in [2.75, 3.05) is 13.2 Å². The SMILES string of the molecule is C[C@H](Cc1ccc(Br)cc1F)NC[C@@H](CCO)c1ccccc1. The number of aliphatic hydroxyl groups is 1. The molecule has 4 heteroatoms. The van der Waals surface area contributed by atoms with Crippen molar-refractivity contribution in [1.82, 2.24) is 5.32 Å². The first-order valence-electron chi connectivity index (χ1n) is 7.93. The first kappa shape index (κ1) is 18.1. The van der Waals surface area contributed by atoms with Gasteiger partial charge in [0.05, 0.1) is 0 Å². The molecule has 0 saturated heterocycles. The molecule has 0 unspecified atom stereocenters. The van der Waals surface area contributed by atoms with Crippen molar-refractivity contribution < 1.29 is 9.50 Å². The average Bonchev–Trinajstić information content (AvgIpc) is 2.55. The van der Waals surface area contributed by atoms with Gasteiger partial charge in [0.1, 0.15) is 5.82 Å². The lowest BCUT2D eigenvalue weighted by atomic mass is 9.95. The van der Waals surface area contributed by atoms with Gasteiger partial charge in [0.25, 0.3) is 0 Å². The summed E-state index contributed by atoms with van der Waals surface area (Å²) in [6, 6.07) is 15.5. The van der Waals surface area contributed by atoms with Crippen LogP contribution in [0.5, 0.6) is 0 Å². The maximum atomic E-state index is 13.9. The highest BCUT2D eigenvalue weighted by molar-refractivity contribution is 9.10. The molecular weight excluding hydrogens is 357 g/mol. The molecule has 0 saturated carbocycles. The fraction of sp³-hybridized carbons (Fsp3) is 0.368. The predicted molar refractivity (Wildman–Crippen MR) is 96.2 cm³/mol. The van der Waals surface area contributed by atoms with Gasteiger partial charge in [-0.3, -0.25) is 0 Å². The number of nitrogens with one attached hydrogen (secondary N) is 1. The zero-order chi connectivity index (χ0) is 16.7. The lowest BCUT2D eigenvalue weighted by Crippen LogP contribution is -2.32. The normalized spacial score (nSPS) is 13.7. The van der Waals surface area contributed by atoms with Crippen LogP contribution in [0.2, 0.25) is 0 Å². The van der Waals surface area contributed by atoms with Crippen LogP contribution >= 0.6 is 15.9 Å². The van der Waals surface area contributed by atoms with Gasteiger partial charge in [-0.1, -0.05) is 52.3 Å². The van der Waals surface area contributed by atoms with E-state index in [1.165, 1.54) is 11.6 Å². The first-order chi connectivity index (χ1) is 11.1. The van der Waals surface area contributed by atoms with Crippen molar-refractivity contribution in [2.24, 2.45) is 0 Å². The van der Waals surface area contributed by atoms with Crippen molar-refractivity contribution in [1.29, 1.82) is 0 Å². The van der Waals surface area contributed by atoms with Gasteiger partial charge in [-0.2, -0.15) is 0 Å². The van der Waals surface area contributed by atoms with Crippen LogP contribution in [-0.2, 0) is 6.42 Å². The predicted octanol–water partition coefficient (Wildman–Crippen LogP) is 4.28. The fourth-order valence-corrected chi connectivity index (χ4v) is 3.03. The third-order valence-electron chi connectivity index (χ3n) is 4.00. The van der Waals surface area contributed by atoms with Crippen molar-refractivity contribution >= 4 is 15.9 Å². The van der Waals surface area contributed by atoms with Crippen molar-refractivity contribution in [3.8, 4) is 0 Å². The molecule has 2 nitrogen and oxygen atoms in total. The molecule has 2 N–H and O–H groups in total. The van der Waals surface area contributed by atoms with Gasteiger partial charge in [0.15, 0.2) is 0 Å². The Kier molecular flexibility index (Phi) is 7.21. The maximum absolute atomic E-state index is 13.9. The summed E-state index contributed by atoms with van der Waals surface area (Å²) in [5, 5.41) is 12.7. The second-order valence-electron chi connectivity index (χ2n) is 5.87. The lowest BCUT2D eigenvalue weighted by molar-refractivity contribution is 0.272. The molecule has 0 bridgehead atoms. The van der Waals surface area contributed by atoms with Crippen LogP contribution in [-0.4, -0.2) is 24.3 Å². The number of rotatable bonds is 8. The van der Waals surface area contributed by atoms with Gasteiger partial charge < -0.3 is 10.4 Å². The Labute approximate surface area is 145 Å². The third kappa shape index (κ3) is 5.72. The fourth-order valence-electron chi connectivity index (χ4n) is 2.70. The molecular formula is C19H23BrFNO. The lowest BCUT2D eigenvalue weighted by Gasteiger charge is -2.21. The Morgan fingerprint density at radius 3 is 2.57 bits per heavy atom. The molecule has 2 aromatic rings. The summed E-state index contributed by atoms with van der Waals surface area (Å²) in [7, 11) is 0. The molecule has 2 atom stereocenters. The van der Waals surface area contributed by atoms with E-state index in [-0.39, 0.29) is 24.4 Å². The molecule has 0 amide bonds. The molecule has 0 aromatic heterocycles. The average molecular weight is 380 g/mol. The van der Waals surface area contributed by atoms with Crippen molar-refractivity contribution in [2.45, 2.75) is 31.7 Å². The second kappa shape index (κ2) is 9.16. The van der Waals surface area contributed by atoms with E-state index in [1.807, 2.05) is 30.3 Å².